The molecule has 9 nitrogen and oxygen atoms in total. The number of hydrogen-bond donors (Lipinski definition) is 1. The number of rotatable bonds is 5. The predicted molar refractivity (Wildman–Crippen MR) is 123 cm³/mol. The number of aromatic nitrogens is 3. The molecule has 1 N–H and O–H groups in total. The molecule has 0 spiro atoms. The summed E-state index contributed by atoms with van der Waals surface area (Å²) in [6, 6.07) is 10.1. The van der Waals surface area contributed by atoms with Gasteiger partial charge in [-0.15, -0.1) is 24.5 Å². The van der Waals surface area contributed by atoms with Crippen molar-refractivity contribution in [3.05, 3.63) is 64.1 Å². The summed E-state index contributed by atoms with van der Waals surface area (Å²) in [4.78, 5) is 31.7. The molecule has 2 aromatic heterocycles. The lowest BCUT2D eigenvalue weighted by Crippen LogP contribution is -2.37. The number of likely N-dealkylation sites (tertiary alicyclic amines) is 1. The Labute approximate surface area is 205 Å². The molecule has 186 valence electrons. The van der Waals surface area contributed by atoms with Crippen molar-refractivity contribution in [2.45, 2.75) is 25.1 Å². The van der Waals surface area contributed by atoms with Crippen molar-refractivity contribution in [1.82, 2.24) is 20.2 Å². The maximum atomic E-state index is 12.9. The van der Waals surface area contributed by atoms with Crippen LogP contribution in [0.5, 0.6) is 5.75 Å². The van der Waals surface area contributed by atoms with Crippen LogP contribution < -0.4 is 10.1 Å². The zero-order valence-electron chi connectivity index (χ0n) is 18.5. The number of benzene rings is 2. The highest BCUT2D eigenvalue weighted by atomic mass is 32.1. The highest BCUT2D eigenvalue weighted by molar-refractivity contribution is 7.10. The molecule has 2 aromatic carbocycles. The van der Waals surface area contributed by atoms with Gasteiger partial charge >= 0.3 is 6.36 Å². The molecule has 1 aliphatic rings. The molecule has 0 aliphatic carbocycles. The van der Waals surface area contributed by atoms with E-state index in [0.29, 0.717) is 42.5 Å². The minimum atomic E-state index is -4.82. The molecule has 0 saturated carbocycles. The Hall–Kier alpha value is -4.00. The molecule has 3 heterocycles. The molecule has 4 aromatic rings. The molecule has 36 heavy (non-hydrogen) atoms. The number of alkyl halides is 3. The van der Waals surface area contributed by atoms with Gasteiger partial charge < -0.3 is 15.0 Å². The fourth-order valence-electron chi connectivity index (χ4n) is 3.97. The number of carbonyl (C=O) groups excluding carboxylic acids is 2. The van der Waals surface area contributed by atoms with E-state index < -0.39 is 18.0 Å². The maximum absolute atomic E-state index is 12.9. The normalized spacial score (nSPS) is 14.7. The first kappa shape index (κ1) is 23.7. The lowest BCUT2D eigenvalue weighted by atomic mass is 9.97. The minimum absolute atomic E-state index is 0.0892. The second kappa shape index (κ2) is 9.57. The van der Waals surface area contributed by atoms with E-state index in [9.17, 15) is 22.8 Å². The van der Waals surface area contributed by atoms with Crippen molar-refractivity contribution in [1.29, 1.82) is 0 Å². The van der Waals surface area contributed by atoms with Gasteiger partial charge in [0, 0.05) is 41.7 Å². The number of fused-ring (bicyclic) bond motifs is 1. The van der Waals surface area contributed by atoms with E-state index in [1.54, 1.807) is 28.5 Å². The summed E-state index contributed by atoms with van der Waals surface area (Å²) >= 11 is 1.34. The Morgan fingerprint density at radius 1 is 1.08 bits per heavy atom. The zero-order chi connectivity index (χ0) is 25.3. The van der Waals surface area contributed by atoms with E-state index in [1.807, 2.05) is 0 Å². The lowest BCUT2D eigenvalue weighted by Gasteiger charge is -2.31. The van der Waals surface area contributed by atoms with Crippen molar-refractivity contribution in [3.63, 3.8) is 0 Å². The average molecular weight is 517 g/mol. The first-order chi connectivity index (χ1) is 17.2. The quantitative estimate of drug-likeness (QED) is 0.403. The second-order valence-electron chi connectivity index (χ2n) is 8.13. The van der Waals surface area contributed by atoms with Gasteiger partial charge in [0.2, 0.25) is 0 Å². The lowest BCUT2D eigenvalue weighted by molar-refractivity contribution is -0.274. The average Bonchev–Trinajstić information content (AvgIpc) is 3.52. The SMILES string of the molecule is O=C(Nc1cccc(OC(F)(F)F)c1)c1csc(C2CCN(C(=O)c3ccc4nonc4c3)CC2)n1. The van der Waals surface area contributed by atoms with Gasteiger partial charge in [-0.2, -0.15) is 0 Å². The summed E-state index contributed by atoms with van der Waals surface area (Å²) in [7, 11) is 0. The van der Waals surface area contributed by atoms with Crippen LogP contribution in [-0.2, 0) is 0 Å². The molecule has 1 aliphatic heterocycles. The highest BCUT2D eigenvalue weighted by Crippen LogP contribution is 2.31. The van der Waals surface area contributed by atoms with Crippen LogP contribution >= 0.6 is 11.3 Å². The van der Waals surface area contributed by atoms with Gasteiger partial charge in [0.25, 0.3) is 11.8 Å². The number of nitrogens with one attached hydrogen (secondary N) is 1. The van der Waals surface area contributed by atoms with Gasteiger partial charge in [-0.25, -0.2) is 9.61 Å². The number of anilines is 1. The Bertz CT molecular complexity index is 1410. The number of halogens is 3. The third kappa shape index (κ3) is 5.30. The Morgan fingerprint density at radius 2 is 1.86 bits per heavy atom. The van der Waals surface area contributed by atoms with Gasteiger partial charge in [0.1, 0.15) is 22.5 Å². The van der Waals surface area contributed by atoms with E-state index >= 15 is 0 Å². The Kier molecular flexibility index (Phi) is 6.31. The molecule has 1 fully saturated rings. The van der Waals surface area contributed by atoms with Gasteiger partial charge in [0.15, 0.2) is 0 Å². The molecule has 0 unspecified atom stereocenters. The van der Waals surface area contributed by atoms with Gasteiger partial charge in [0.05, 0.1) is 5.01 Å². The second-order valence-corrected chi connectivity index (χ2v) is 9.02. The van der Waals surface area contributed by atoms with Crippen molar-refractivity contribution < 1.29 is 32.1 Å². The summed E-state index contributed by atoms with van der Waals surface area (Å²) in [5, 5.41) is 12.4. The number of nitrogens with zero attached hydrogens (tertiary/aromatic N) is 4. The molecule has 1 saturated heterocycles. The third-order valence-corrected chi connectivity index (χ3v) is 6.72. The topological polar surface area (TPSA) is 110 Å². The molecule has 0 atom stereocenters. The number of hydrogen-bond acceptors (Lipinski definition) is 8. The number of thiazole rings is 1. The maximum Gasteiger partial charge on any atom is 0.573 e. The van der Waals surface area contributed by atoms with Crippen LogP contribution in [0.4, 0.5) is 18.9 Å². The summed E-state index contributed by atoms with van der Waals surface area (Å²) in [6.45, 7) is 1.07. The van der Waals surface area contributed by atoms with Gasteiger partial charge in [-0.1, -0.05) is 6.07 Å². The summed E-state index contributed by atoms with van der Waals surface area (Å²) in [6.07, 6.45) is -3.45. The van der Waals surface area contributed by atoms with Crippen LogP contribution in [0.3, 0.4) is 0 Å². The summed E-state index contributed by atoms with van der Waals surface area (Å²) in [5.74, 6) is -0.981. The van der Waals surface area contributed by atoms with Crippen LogP contribution in [0, 0.1) is 0 Å². The van der Waals surface area contributed by atoms with Crippen molar-refractivity contribution >= 4 is 39.9 Å². The molecule has 2 amide bonds. The Balaban J connectivity index is 1.18. The number of amides is 2. The smallest absolute Gasteiger partial charge is 0.406 e. The summed E-state index contributed by atoms with van der Waals surface area (Å²) < 4.78 is 45.8. The standard InChI is InChI=1S/C23H18F3N5O4S/c24-23(25,26)34-16-3-1-2-15(11-16)27-20(32)19-12-36-21(28-19)13-6-8-31(9-7-13)22(33)14-4-5-17-18(10-14)30-35-29-17/h1-5,10-13H,6-9H2,(H,27,32). The van der Waals surface area contributed by atoms with Gasteiger partial charge in [-0.05, 0) is 53.5 Å². The van der Waals surface area contributed by atoms with Crippen molar-refractivity contribution in [2.75, 3.05) is 18.4 Å². The van der Waals surface area contributed by atoms with E-state index in [2.05, 4.69) is 30.0 Å². The van der Waals surface area contributed by atoms with Gasteiger partial charge in [-0.3, -0.25) is 9.59 Å². The fraction of sp³-hybridized carbons (Fsp3) is 0.261. The molecular formula is C23H18F3N5O4S. The van der Waals surface area contributed by atoms with Crippen LogP contribution in [0.25, 0.3) is 11.0 Å². The van der Waals surface area contributed by atoms with E-state index in [4.69, 9.17) is 0 Å². The highest BCUT2D eigenvalue weighted by Gasteiger charge is 2.31. The minimum Gasteiger partial charge on any atom is -0.406 e. The molecule has 5 rings (SSSR count). The van der Waals surface area contributed by atoms with Crippen LogP contribution in [0.1, 0.15) is 44.6 Å². The first-order valence-electron chi connectivity index (χ1n) is 10.9. The van der Waals surface area contributed by atoms with Crippen molar-refractivity contribution in [2.24, 2.45) is 0 Å². The number of carbonyl (C=O) groups is 2. The largest absolute Gasteiger partial charge is 0.573 e. The summed E-state index contributed by atoms with van der Waals surface area (Å²) in [5.41, 5.74) is 1.93. The van der Waals surface area contributed by atoms with E-state index in [1.165, 1.54) is 23.5 Å². The van der Waals surface area contributed by atoms with Crippen molar-refractivity contribution in [3.8, 4) is 5.75 Å². The van der Waals surface area contributed by atoms with Crippen LogP contribution in [-0.4, -0.2) is 51.5 Å². The number of piperidine rings is 1. The Morgan fingerprint density at radius 3 is 2.64 bits per heavy atom. The monoisotopic (exact) mass is 517 g/mol. The van der Waals surface area contributed by atoms with E-state index in [-0.39, 0.29) is 23.2 Å². The molecular weight excluding hydrogens is 499 g/mol. The molecule has 0 radical (unpaired) electrons. The number of ether oxygens (including phenoxy) is 1. The first-order valence-corrected chi connectivity index (χ1v) is 11.8. The van der Waals surface area contributed by atoms with Crippen LogP contribution in [0.2, 0.25) is 0 Å². The third-order valence-electron chi connectivity index (χ3n) is 5.71. The zero-order valence-corrected chi connectivity index (χ0v) is 19.3. The fourth-order valence-corrected chi connectivity index (χ4v) is 4.94. The molecule has 13 heteroatoms. The molecule has 0 bridgehead atoms. The predicted octanol–water partition coefficient (Wildman–Crippen LogP) is 4.85. The van der Waals surface area contributed by atoms with E-state index in [0.717, 1.165) is 17.1 Å². The van der Waals surface area contributed by atoms with Crippen LogP contribution in [0.15, 0.2) is 52.5 Å².